The fraction of sp³-hybridized carbons (Fsp3) is 0.500. The Hall–Kier alpha value is -3.88. The summed E-state index contributed by atoms with van der Waals surface area (Å²) in [5.41, 5.74) is 6.78. The molecule has 0 saturated heterocycles. The second-order valence-electron chi connectivity index (χ2n) is 15.2. The van der Waals surface area contributed by atoms with Crippen molar-refractivity contribution in [2.24, 2.45) is 17.6 Å². The Bertz CT molecular complexity index is 1450. The van der Waals surface area contributed by atoms with Gasteiger partial charge in [-0.3, -0.25) is 14.4 Å². The van der Waals surface area contributed by atoms with Crippen molar-refractivity contribution in [3.8, 4) is 0 Å². The van der Waals surface area contributed by atoms with Gasteiger partial charge in [-0.25, -0.2) is 0 Å². The van der Waals surface area contributed by atoms with Crippen molar-refractivity contribution >= 4 is 34.8 Å². The molecule has 282 valence electrons. The number of benzene rings is 3. The van der Waals surface area contributed by atoms with Gasteiger partial charge >= 0.3 is 0 Å². The number of unbranched alkanes of at least 4 members (excludes halogenated alkanes) is 4. The number of hydrogen-bond acceptors (Lipinski definition) is 5. The number of aliphatic hydroxyl groups excluding tert-OH is 1. The number of nitrogens with one attached hydrogen (secondary N) is 2. The van der Waals surface area contributed by atoms with Gasteiger partial charge in [0.25, 0.3) is 0 Å². The maximum Gasteiger partial charge on any atom is 0.246 e. The van der Waals surface area contributed by atoms with Crippen molar-refractivity contribution in [1.29, 1.82) is 0 Å². The molecule has 0 fully saturated rings. The van der Waals surface area contributed by atoms with Gasteiger partial charge in [-0.1, -0.05) is 170 Å². The molecule has 0 saturated carbocycles. The number of primary amides is 1. The number of rotatable bonds is 23. The van der Waals surface area contributed by atoms with E-state index in [2.05, 4.69) is 67.8 Å². The van der Waals surface area contributed by atoms with Gasteiger partial charge in [0.15, 0.2) is 5.78 Å². The molecular formula is C44H61N3O4S. The van der Waals surface area contributed by atoms with E-state index in [-0.39, 0.29) is 24.2 Å². The third-order valence-corrected chi connectivity index (χ3v) is 10.1. The van der Waals surface area contributed by atoms with Gasteiger partial charge in [-0.15, -0.1) is 0 Å². The quantitative estimate of drug-likeness (QED) is 0.0338. The number of amides is 2. The number of nitrogens with two attached hydrogens (primary N) is 1. The molecule has 0 aliphatic rings. The lowest BCUT2D eigenvalue weighted by atomic mass is 9.66. The molecule has 1 unspecified atom stereocenters. The van der Waals surface area contributed by atoms with Crippen LogP contribution in [0.3, 0.4) is 0 Å². The molecule has 3 atom stereocenters. The number of thiocarbonyl (C=S) groups is 1. The number of aliphatic hydroxyl groups is 1. The van der Waals surface area contributed by atoms with Gasteiger partial charge in [0, 0.05) is 11.8 Å². The summed E-state index contributed by atoms with van der Waals surface area (Å²) in [6.07, 6.45) is 5.60. The summed E-state index contributed by atoms with van der Waals surface area (Å²) < 4.78 is 0. The minimum atomic E-state index is -1.12. The van der Waals surface area contributed by atoms with Gasteiger partial charge in [0.2, 0.25) is 11.8 Å². The third-order valence-electron chi connectivity index (χ3n) is 9.79. The molecule has 0 radical (unpaired) electrons. The lowest BCUT2D eigenvalue weighted by Crippen LogP contribution is -2.62. The molecule has 3 aromatic carbocycles. The van der Waals surface area contributed by atoms with Crippen LogP contribution in [0.25, 0.3) is 0 Å². The Labute approximate surface area is 317 Å². The minimum absolute atomic E-state index is 0.0963. The highest BCUT2D eigenvalue weighted by molar-refractivity contribution is 7.80. The smallest absolute Gasteiger partial charge is 0.246 e. The zero-order chi connectivity index (χ0) is 38.1. The molecule has 7 nitrogen and oxygen atoms in total. The summed E-state index contributed by atoms with van der Waals surface area (Å²) in [5.74, 6) is -1.21. The summed E-state index contributed by atoms with van der Waals surface area (Å²) in [5, 5.41) is 18.5. The standard InChI is InChI=1S/C44H61N3O4S/c1-6-7-8-9-19-26-43(30-33(4)5,42(51)46-38(27-32(2)3)39(49)29-40(45)50)47-41(52)28-37(48)31-44(34-20-13-10-14-21-34,35-22-15-11-16-23-35)36-24-17-12-18-25-36/h10-18,20-25,32-33,37-38,48H,6-9,19,26-31H2,1-5H3,(H2,45,50)(H,46,51)(H,47,52)/t37?,38-,43-/m0/s1. The van der Waals surface area contributed by atoms with E-state index >= 15 is 0 Å². The fourth-order valence-corrected chi connectivity index (χ4v) is 7.91. The number of carbonyl (C=O) groups is 3. The van der Waals surface area contributed by atoms with Crippen LogP contribution < -0.4 is 16.4 Å². The highest BCUT2D eigenvalue weighted by Crippen LogP contribution is 2.43. The largest absolute Gasteiger partial charge is 0.393 e. The van der Waals surface area contributed by atoms with E-state index in [1.807, 2.05) is 68.4 Å². The maximum absolute atomic E-state index is 14.5. The Morgan fingerprint density at radius 2 is 1.25 bits per heavy atom. The van der Waals surface area contributed by atoms with Crippen molar-refractivity contribution in [3.05, 3.63) is 108 Å². The fourth-order valence-electron chi connectivity index (χ4n) is 7.52. The Kier molecular flexibility index (Phi) is 17.2. The first kappa shape index (κ1) is 42.5. The summed E-state index contributed by atoms with van der Waals surface area (Å²) in [6.45, 7) is 10.2. The van der Waals surface area contributed by atoms with Gasteiger partial charge in [0.1, 0.15) is 5.54 Å². The summed E-state index contributed by atoms with van der Waals surface area (Å²) in [6, 6.07) is 29.9. The highest BCUT2D eigenvalue weighted by atomic mass is 32.1. The maximum atomic E-state index is 14.5. The van der Waals surface area contributed by atoms with Crippen LogP contribution in [0.4, 0.5) is 0 Å². The van der Waals surface area contributed by atoms with Crippen LogP contribution in [0.5, 0.6) is 0 Å². The predicted octanol–water partition coefficient (Wildman–Crippen LogP) is 8.20. The minimum Gasteiger partial charge on any atom is -0.393 e. The first-order valence-electron chi connectivity index (χ1n) is 19.1. The Morgan fingerprint density at radius 3 is 1.69 bits per heavy atom. The highest BCUT2D eigenvalue weighted by Gasteiger charge is 2.42. The zero-order valence-electron chi connectivity index (χ0n) is 31.9. The lowest BCUT2D eigenvalue weighted by Gasteiger charge is -2.39. The number of ketones is 1. The predicted molar refractivity (Wildman–Crippen MR) is 216 cm³/mol. The van der Waals surface area contributed by atoms with Gasteiger partial charge < -0.3 is 21.5 Å². The van der Waals surface area contributed by atoms with Gasteiger partial charge in [-0.05, 0) is 54.2 Å². The second kappa shape index (κ2) is 21.0. The summed E-state index contributed by atoms with van der Waals surface area (Å²) in [7, 11) is 0. The summed E-state index contributed by atoms with van der Waals surface area (Å²) >= 11 is 6.02. The molecule has 5 N–H and O–H groups in total. The van der Waals surface area contributed by atoms with Gasteiger partial charge in [0.05, 0.1) is 23.6 Å². The summed E-state index contributed by atoms with van der Waals surface area (Å²) in [4.78, 5) is 39.8. The van der Waals surface area contributed by atoms with Crippen molar-refractivity contribution in [2.75, 3.05) is 0 Å². The molecule has 52 heavy (non-hydrogen) atoms. The normalized spacial score (nSPS) is 14.0. The first-order valence-corrected chi connectivity index (χ1v) is 19.5. The molecule has 8 heteroatoms. The Balaban J connectivity index is 1.99. The van der Waals surface area contributed by atoms with E-state index in [0.717, 1.165) is 48.8 Å². The Morgan fingerprint density at radius 1 is 0.750 bits per heavy atom. The average Bonchev–Trinajstić information content (AvgIpc) is 3.10. The van der Waals surface area contributed by atoms with E-state index < -0.39 is 41.2 Å². The zero-order valence-corrected chi connectivity index (χ0v) is 32.7. The lowest BCUT2D eigenvalue weighted by molar-refractivity contribution is -0.134. The van der Waals surface area contributed by atoms with Crippen molar-refractivity contribution in [2.45, 2.75) is 128 Å². The second-order valence-corrected chi connectivity index (χ2v) is 15.7. The van der Waals surface area contributed by atoms with E-state index in [4.69, 9.17) is 18.0 Å². The molecule has 0 aliphatic heterocycles. The molecule has 0 aliphatic carbocycles. The topological polar surface area (TPSA) is 122 Å². The van der Waals surface area contributed by atoms with Crippen molar-refractivity contribution in [3.63, 3.8) is 0 Å². The van der Waals surface area contributed by atoms with Crippen LogP contribution in [0, 0.1) is 11.8 Å². The van der Waals surface area contributed by atoms with Crippen LogP contribution in [0.2, 0.25) is 0 Å². The molecule has 2 amide bonds. The van der Waals surface area contributed by atoms with E-state index in [0.29, 0.717) is 30.7 Å². The van der Waals surface area contributed by atoms with E-state index in [1.54, 1.807) is 0 Å². The van der Waals surface area contributed by atoms with Crippen molar-refractivity contribution in [1.82, 2.24) is 10.6 Å². The third kappa shape index (κ3) is 12.4. The molecule has 0 bridgehead atoms. The molecule has 3 rings (SSSR count). The molecule has 0 spiro atoms. The molecule has 0 heterocycles. The number of carbonyl (C=O) groups excluding carboxylic acids is 3. The van der Waals surface area contributed by atoms with Gasteiger partial charge in [-0.2, -0.15) is 0 Å². The molecular weight excluding hydrogens is 667 g/mol. The van der Waals surface area contributed by atoms with E-state index in [9.17, 15) is 19.5 Å². The molecule has 3 aromatic rings. The van der Waals surface area contributed by atoms with E-state index in [1.165, 1.54) is 0 Å². The van der Waals surface area contributed by atoms with Crippen LogP contribution >= 0.6 is 12.2 Å². The van der Waals surface area contributed by atoms with Crippen LogP contribution in [0.15, 0.2) is 91.0 Å². The first-order chi connectivity index (χ1) is 24.8. The van der Waals surface area contributed by atoms with Crippen LogP contribution in [0.1, 0.15) is 122 Å². The van der Waals surface area contributed by atoms with Crippen molar-refractivity contribution < 1.29 is 19.5 Å². The monoisotopic (exact) mass is 727 g/mol. The average molecular weight is 728 g/mol. The SMILES string of the molecule is CCCCCCC[C@@](CC(C)C)(NC(=S)CC(O)CC(c1ccccc1)(c1ccccc1)c1ccccc1)C(=O)N[C@@H](CC(C)C)C(=O)CC(N)=O. The van der Waals surface area contributed by atoms with Crippen LogP contribution in [-0.2, 0) is 19.8 Å². The molecule has 0 aromatic heterocycles. The number of hydrogen-bond donors (Lipinski definition) is 4. The van der Waals surface area contributed by atoms with Crippen LogP contribution in [-0.4, -0.2) is 45.4 Å². The number of Topliss-reactive ketones (excluding diaryl/α,β-unsaturated/α-hetero) is 1.